The standard InChI is InChI=1S/C23H24F3N3O.C23H27N3O2.C22H24ClN3O.C22H24FN3O/c1-14-11-17-21-18-3-2-9-28(18)10-8-19(21)29(22(17)27-12-14)13-20(30)15-4-6-16(7-5-15)23(24,25)26;1-15-12-18-22-19-4-3-10-25(19)11-9-20(22)26(23(18)24-13-15)14-21(27)16-5-7-17(28-2)8-6-16;2*1-14-11-17-21-18-3-2-9-25(18)10-8-19(21)26(22(17)24-12-14)13-20(27)15-4-6-16(23)7-5-15/h4-7,11-12,18,20,30H,2-3,8-10,13H2,1H3;5-8,12-13,19,21,27H,3-4,9-11,14H2,1-2H3;2*4-7,11-12,18,20,27H,2-3,8-10,13H2,1H3. The predicted octanol–water partition coefficient (Wildman–Crippen LogP) is 16.9. The monoisotopic (exact) mass is 1540 g/mol. The van der Waals surface area contributed by atoms with Crippen LogP contribution in [-0.4, -0.2) is 138 Å². The lowest BCUT2D eigenvalue weighted by molar-refractivity contribution is -0.137. The lowest BCUT2D eigenvalue weighted by Gasteiger charge is -2.31. The van der Waals surface area contributed by atoms with Gasteiger partial charge < -0.3 is 43.4 Å². The van der Waals surface area contributed by atoms with Crippen LogP contribution < -0.4 is 4.74 Å². The van der Waals surface area contributed by atoms with Crippen molar-refractivity contribution in [2.24, 2.45) is 0 Å². The highest BCUT2D eigenvalue weighted by Crippen LogP contribution is 2.48. The van der Waals surface area contributed by atoms with Crippen LogP contribution in [0.25, 0.3) is 44.1 Å². The summed E-state index contributed by atoms with van der Waals surface area (Å²) in [6.45, 7) is 19.1. The number of pyridine rings is 4. The maximum Gasteiger partial charge on any atom is 0.416 e. The van der Waals surface area contributed by atoms with Gasteiger partial charge >= 0.3 is 6.18 Å². The number of hydrogen-bond donors (Lipinski definition) is 4. The van der Waals surface area contributed by atoms with Gasteiger partial charge in [-0.15, -0.1) is 0 Å². The number of methoxy groups -OCH3 is 1. The van der Waals surface area contributed by atoms with Crippen molar-refractivity contribution >= 4 is 55.7 Å². The van der Waals surface area contributed by atoms with E-state index < -0.39 is 36.2 Å². The van der Waals surface area contributed by atoms with Gasteiger partial charge in [-0.3, -0.25) is 19.6 Å². The number of ether oxygens (including phenoxy) is 1. The number of aliphatic hydroxyl groups is 4. The van der Waals surface area contributed by atoms with Gasteiger partial charge in [0, 0.05) is 150 Å². The molecule has 584 valence electrons. The SMILES string of the molecule is COc1ccc(C(O)Cn2c3c(c4cc(C)cnc42)C2CCCN2CC3)cc1.Cc1cnc2c(c1)c1c(n2CC(O)c2ccc(C(F)(F)F)cc2)CCN2CCCC12.Cc1cnc2c(c1)c1c(n2CC(O)c2ccc(Cl)cc2)CCN2CCCC12.Cc1cnc2c(c1)c1c(n2CC(O)c2ccc(F)cc2)CCN2CCCC12. The minimum atomic E-state index is -4.38. The van der Waals surface area contributed by atoms with Crippen LogP contribution in [0.2, 0.25) is 5.02 Å². The molecule has 0 radical (unpaired) electrons. The second kappa shape index (κ2) is 31.5. The molecule has 0 saturated carbocycles. The summed E-state index contributed by atoms with van der Waals surface area (Å²) in [6, 6.07) is 36.9. The van der Waals surface area contributed by atoms with Crippen molar-refractivity contribution in [2.45, 2.75) is 186 Å². The van der Waals surface area contributed by atoms with Gasteiger partial charge in [-0.2, -0.15) is 13.2 Å². The minimum Gasteiger partial charge on any atom is -0.497 e. The lowest BCUT2D eigenvalue weighted by atomic mass is 9.96. The Morgan fingerprint density at radius 1 is 0.402 bits per heavy atom. The van der Waals surface area contributed by atoms with Gasteiger partial charge in [0.05, 0.1) is 63.3 Å². The van der Waals surface area contributed by atoms with E-state index in [1.807, 2.05) is 80.2 Å². The molecule has 17 nitrogen and oxygen atoms in total. The second-order valence-electron chi connectivity index (χ2n) is 32.3. The van der Waals surface area contributed by atoms with E-state index in [2.05, 4.69) is 87.9 Å². The molecule has 22 heteroatoms. The van der Waals surface area contributed by atoms with E-state index in [0.717, 1.165) is 139 Å². The Morgan fingerprint density at radius 3 is 0.946 bits per heavy atom. The molecule has 16 heterocycles. The van der Waals surface area contributed by atoms with Crippen LogP contribution in [0.5, 0.6) is 5.75 Å². The zero-order valence-electron chi connectivity index (χ0n) is 64.4. The third-order valence-electron chi connectivity index (χ3n) is 25.1. The fourth-order valence-electron chi connectivity index (χ4n) is 19.9. The lowest BCUT2D eigenvalue weighted by Crippen LogP contribution is -2.31. The highest BCUT2D eigenvalue weighted by molar-refractivity contribution is 6.30. The molecule has 8 aromatic heterocycles. The number of aryl methyl sites for hydroxylation is 4. The molecule has 0 aliphatic carbocycles. The van der Waals surface area contributed by atoms with E-state index in [4.69, 9.17) is 31.3 Å². The van der Waals surface area contributed by atoms with Crippen LogP contribution in [-0.2, 0) is 58.0 Å². The van der Waals surface area contributed by atoms with Crippen molar-refractivity contribution in [3.8, 4) is 5.75 Å². The first-order valence-electron chi connectivity index (χ1n) is 40.1. The largest absolute Gasteiger partial charge is 0.497 e. The van der Waals surface area contributed by atoms with Gasteiger partial charge in [-0.25, -0.2) is 24.3 Å². The Morgan fingerprint density at radius 2 is 0.670 bits per heavy atom. The van der Waals surface area contributed by atoms with E-state index >= 15 is 0 Å². The van der Waals surface area contributed by atoms with Gasteiger partial charge in [0.2, 0.25) is 0 Å². The Balaban J connectivity index is 0.000000108. The summed E-state index contributed by atoms with van der Waals surface area (Å²) >= 11 is 6.00. The fourth-order valence-corrected chi connectivity index (χ4v) is 20.0. The molecule has 112 heavy (non-hydrogen) atoms. The number of aromatic nitrogens is 8. The smallest absolute Gasteiger partial charge is 0.416 e. The summed E-state index contributed by atoms with van der Waals surface area (Å²) in [7, 11) is 1.66. The summed E-state index contributed by atoms with van der Waals surface area (Å²) in [6.07, 6.45) is 14.1. The van der Waals surface area contributed by atoms with Crippen LogP contribution in [0.15, 0.2) is 146 Å². The summed E-state index contributed by atoms with van der Waals surface area (Å²) in [5.41, 5.74) is 21.7. The molecule has 20 rings (SSSR count). The molecule has 4 aromatic carbocycles. The molecule has 8 atom stereocenters. The summed E-state index contributed by atoms with van der Waals surface area (Å²) in [5, 5.41) is 49.1. The highest BCUT2D eigenvalue weighted by Gasteiger charge is 2.41. The van der Waals surface area contributed by atoms with Gasteiger partial charge in [0.15, 0.2) is 0 Å². The van der Waals surface area contributed by atoms with Crippen LogP contribution in [0, 0.1) is 33.5 Å². The van der Waals surface area contributed by atoms with E-state index in [-0.39, 0.29) is 12.4 Å². The topological polar surface area (TPSA) is 174 Å². The molecular formula is C90H99ClF4N12O5. The number of nitrogens with zero attached hydrogens (tertiary/aromatic N) is 12. The van der Waals surface area contributed by atoms with E-state index in [1.54, 1.807) is 19.2 Å². The van der Waals surface area contributed by atoms with Crippen molar-refractivity contribution in [1.82, 2.24) is 57.8 Å². The highest BCUT2D eigenvalue weighted by atomic mass is 35.5. The van der Waals surface area contributed by atoms with Crippen molar-refractivity contribution in [2.75, 3.05) is 59.5 Å². The Bertz CT molecular complexity index is 5270. The Kier molecular flexibility index (Phi) is 21.3. The maximum atomic E-state index is 13.2. The number of fused-ring (bicyclic) bond motifs is 20. The van der Waals surface area contributed by atoms with Crippen molar-refractivity contribution in [3.05, 3.63) is 252 Å². The van der Waals surface area contributed by atoms with Crippen molar-refractivity contribution in [3.63, 3.8) is 0 Å². The van der Waals surface area contributed by atoms with Gasteiger partial charge in [-0.05, 0) is 245 Å². The minimum absolute atomic E-state index is 0.278. The second-order valence-corrected chi connectivity index (χ2v) is 32.7. The van der Waals surface area contributed by atoms with E-state index in [0.29, 0.717) is 54.4 Å². The molecule has 12 aromatic rings. The van der Waals surface area contributed by atoms with Crippen LogP contribution in [0.4, 0.5) is 17.6 Å². The molecule has 0 bridgehead atoms. The molecular weight excluding hydrogens is 1440 g/mol. The average Bonchev–Trinajstić information content (AvgIpc) is 1.60. The summed E-state index contributed by atoms with van der Waals surface area (Å²) < 4.78 is 65.8. The number of halogens is 5. The van der Waals surface area contributed by atoms with Gasteiger partial charge in [0.25, 0.3) is 0 Å². The van der Waals surface area contributed by atoms with E-state index in [1.165, 1.54) is 161 Å². The number of aliphatic hydroxyl groups excluding tert-OH is 4. The number of alkyl halides is 3. The first-order valence-corrected chi connectivity index (χ1v) is 40.5. The summed E-state index contributed by atoms with van der Waals surface area (Å²) in [4.78, 5) is 29.3. The quantitative estimate of drug-likeness (QED) is 0.0804. The molecule has 4 fully saturated rings. The van der Waals surface area contributed by atoms with Crippen LogP contribution >= 0.6 is 11.6 Å². The van der Waals surface area contributed by atoms with Gasteiger partial charge in [-0.1, -0.05) is 60.1 Å². The zero-order valence-corrected chi connectivity index (χ0v) is 65.2. The molecule has 8 aliphatic rings. The predicted molar refractivity (Wildman–Crippen MR) is 429 cm³/mol. The number of hydrogen-bond acceptors (Lipinski definition) is 13. The molecule has 4 saturated heterocycles. The normalized spacial score (nSPS) is 20.4. The average molecular weight is 1540 g/mol. The third kappa shape index (κ3) is 14.6. The van der Waals surface area contributed by atoms with Crippen molar-refractivity contribution < 1.29 is 42.7 Å². The van der Waals surface area contributed by atoms with Crippen LogP contribution in [0.1, 0.15) is 195 Å². The fraction of sp³-hybridized carbons (Fsp3) is 0.422. The van der Waals surface area contributed by atoms with Crippen LogP contribution in [0.3, 0.4) is 0 Å². The first-order chi connectivity index (χ1) is 54.2. The number of rotatable bonds is 13. The maximum absolute atomic E-state index is 13.2. The molecule has 0 spiro atoms. The van der Waals surface area contributed by atoms with Crippen molar-refractivity contribution in [1.29, 1.82) is 0 Å². The third-order valence-corrected chi connectivity index (χ3v) is 25.4. The molecule has 8 unspecified atom stereocenters. The zero-order chi connectivity index (χ0) is 77.4. The Labute approximate surface area is 655 Å². The summed E-state index contributed by atoms with van der Waals surface area (Å²) in [5.74, 6) is 0.520. The Hall–Kier alpha value is -8.87. The number of benzene rings is 4. The molecule has 4 N–H and O–H groups in total. The molecule has 0 amide bonds. The first kappa shape index (κ1) is 75.8. The van der Waals surface area contributed by atoms with E-state index in [9.17, 15) is 38.0 Å². The molecule has 8 aliphatic heterocycles. The van der Waals surface area contributed by atoms with Gasteiger partial charge in [0.1, 0.15) is 34.2 Å².